The van der Waals surface area contributed by atoms with Gasteiger partial charge in [0.1, 0.15) is 13.2 Å². The molecule has 0 spiro atoms. The fourth-order valence-electron chi connectivity index (χ4n) is 3.62. The van der Waals surface area contributed by atoms with Crippen LogP contribution >= 0.6 is 0 Å². The second-order valence-electron chi connectivity index (χ2n) is 6.62. The average molecular weight is 355 g/mol. The number of carbonyl (C=O) groups excluding carboxylic acids is 1. The second-order valence-corrected chi connectivity index (χ2v) is 6.62. The van der Waals surface area contributed by atoms with Gasteiger partial charge in [-0.05, 0) is 43.9 Å². The summed E-state index contributed by atoms with van der Waals surface area (Å²) in [6, 6.07) is 8.71. The minimum absolute atomic E-state index is 0.0759. The SMILES string of the molecule is O=C(NC1CCC(n2ncccc2=O)CC1)c1cccc2c1OCCO2. The molecule has 1 aliphatic carbocycles. The number of amides is 1. The summed E-state index contributed by atoms with van der Waals surface area (Å²) in [7, 11) is 0. The van der Waals surface area contributed by atoms with Crippen LogP contribution in [0.4, 0.5) is 0 Å². The Kier molecular flexibility index (Phi) is 4.60. The lowest BCUT2D eigenvalue weighted by Crippen LogP contribution is -2.39. The fourth-order valence-corrected chi connectivity index (χ4v) is 3.62. The lowest BCUT2D eigenvalue weighted by atomic mass is 9.91. The van der Waals surface area contributed by atoms with Crippen LogP contribution in [0.2, 0.25) is 0 Å². The number of para-hydroxylation sites is 1. The smallest absolute Gasteiger partial charge is 0.266 e. The van der Waals surface area contributed by atoms with E-state index in [1.807, 2.05) is 0 Å². The Morgan fingerprint density at radius 3 is 2.69 bits per heavy atom. The summed E-state index contributed by atoms with van der Waals surface area (Å²) in [5.41, 5.74) is 0.429. The highest BCUT2D eigenvalue weighted by Gasteiger charge is 2.27. The number of carbonyl (C=O) groups is 1. The third-order valence-corrected chi connectivity index (χ3v) is 4.93. The van der Waals surface area contributed by atoms with Crippen molar-refractivity contribution in [2.45, 2.75) is 37.8 Å². The Morgan fingerprint density at radius 2 is 1.88 bits per heavy atom. The standard InChI is InChI=1S/C19H21N3O4/c23-17-5-2-10-20-22(17)14-8-6-13(7-9-14)21-19(24)15-3-1-4-16-18(15)26-12-11-25-16/h1-5,10,13-14H,6-9,11-12H2,(H,21,24). The maximum atomic E-state index is 12.7. The van der Waals surface area contributed by atoms with Crippen LogP contribution in [0.1, 0.15) is 42.1 Å². The van der Waals surface area contributed by atoms with Crippen LogP contribution in [0.3, 0.4) is 0 Å². The molecule has 136 valence electrons. The van der Waals surface area contributed by atoms with Crippen molar-refractivity contribution in [1.82, 2.24) is 15.1 Å². The van der Waals surface area contributed by atoms with E-state index in [9.17, 15) is 9.59 Å². The molecule has 1 aromatic heterocycles. The third kappa shape index (κ3) is 3.29. The summed E-state index contributed by atoms with van der Waals surface area (Å²) in [6.07, 6.45) is 4.89. The summed E-state index contributed by atoms with van der Waals surface area (Å²) >= 11 is 0. The minimum atomic E-state index is -0.147. The van der Waals surface area contributed by atoms with Gasteiger partial charge in [0.2, 0.25) is 0 Å². The maximum Gasteiger partial charge on any atom is 0.266 e. The number of nitrogens with zero attached hydrogens (tertiary/aromatic N) is 2. The van der Waals surface area contributed by atoms with Crippen molar-refractivity contribution in [3.63, 3.8) is 0 Å². The predicted molar refractivity (Wildman–Crippen MR) is 94.7 cm³/mol. The zero-order valence-corrected chi connectivity index (χ0v) is 14.4. The Labute approximate surface area is 150 Å². The first-order chi connectivity index (χ1) is 12.7. The number of hydrogen-bond donors (Lipinski definition) is 1. The van der Waals surface area contributed by atoms with Crippen LogP contribution < -0.4 is 20.3 Å². The molecule has 1 aromatic carbocycles. The van der Waals surface area contributed by atoms with Gasteiger partial charge in [0.25, 0.3) is 11.5 Å². The van der Waals surface area contributed by atoms with Gasteiger partial charge in [-0.25, -0.2) is 4.68 Å². The molecule has 7 heteroatoms. The summed E-state index contributed by atoms with van der Waals surface area (Å²) < 4.78 is 12.7. The minimum Gasteiger partial charge on any atom is -0.486 e. The van der Waals surface area contributed by atoms with Gasteiger partial charge in [-0.2, -0.15) is 5.10 Å². The van der Waals surface area contributed by atoms with Gasteiger partial charge in [-0.15, -0.1) is 0 Å². The van der Waals surface area contributed by atoms with Crippen molar-refractivity contribution in [3.8, 4) is 11.5 Å². The molecule has 0 radical (unpaired) electrons. The van der Waals surface area contributed by atoms with Gasteiger partial charge < -0.3 is 14.8 Å². The normalized spacial score (nSPS) is 21.8. The van der Waals surface area contributed by atoms with Crippen LogP contribution in [-0.2, 0) is 0 Å². The van der Waals surface area contributed by atoms with Gasteiger partial charge in [-0.1, -0.05) is 6.07 Å². The highest BCUT2D eigenvalue weighted by molar-refractivity contribution is 5.98. The van der Waals surface area contributed by atoms with Crippen molar-refractivity contribution in [2.75, 3.05) is 13.2 Å². The fraction of sp³-hybridized carbons (Fsp3) is 0.421. The molecule has 0 atom stereocenters. The maximum absolute atomic E-state index is 12.7. The number of aromatic nitrogens is 2. The quantitative estimate of drug-likeness (QED) is 0.910. The van der Waals surface area contributed by atoms with E-state index in [0.717, 1.165) is 25.7 Å². The van der Waals surface area contributed by atoms with Crippen molar-refractivity contribution >= 4 is 5.91 Å². The van der Waals surface area contributed by atoms with E-state index in [0.29, 0.717) is 30.3 Å². The molecule has 1 N–H and O–H groups in total. The Morgan fingerprint density at radius 1 is 1.08 bits per heavy atom. The van der Waals surface area contributed by atoms with Gasteiger partial charge in [0, 0.05) is 18.3 Å². The molecule has 0 saturated heterocycles. The first-order valence-corrected chi connectivity index (χ1v) is 8.95. The molecule has 7 nitrogen and oxygen atoms in total. The van der Waals surface area contributed by atoms with E-state index in [1.165, 1.54) is 6.07 Å². The number of hydrogen-bond acceptors (Lipinski definition) is 5. The van der Waals surface area contributed by atoms with E-state index in [4.69, 9.17) is 9.47 Å². The first kappa shape index (κ1) is 16.6. The van der Waals surface area contributed by atoms with Gasteiger partial charge in [0.15, 0.2) is 11.5 Å². The number of fused-ring (bicyclic) bond motifs is 1. The molecule has 2 heterocycles. The van der Waals surface area contributed by atoms with Crippen LogP contribution in [-0.4, -0.2) is 34.9 Å². The summed E-state index contributed by atoms with van der Waals surface area (Å²) in [5.74, 6) is 0.984. The molecule has 1 aliphatic heterocycles. The van der Waals surface area contributed by atoms with Gasteiger partial charge >= 0.3 is 0 Å². The molecule has 2 aliphatic rings. The highest BCUT2D eigenvalue weighted by Crippen LogP contribution is 2.34. The molecular weight excluding hydrogens is 334 g/mol. The number of benzene rings is 1. The molecule has 0 unspecified atom stereocenters. The monoisotopic (exact) mass is 355 g/mol. The van der Waals surface area contributed by atoms with Crippen LogP contribution in [0.25, 0.3) is 0 Å². The number of rotatable bonds is 3. The van der Waals surface area contributed by atoms with Crippen molar-refractivity contribution < 1.29 is 14.3 Å². The molecule has 26 heavy (non-hydrogen) atoms. The molecule has 1 amide bonds. The molecule has 1 saturated carbocycles. The van der Waals surface area contributed by atoms with Crippen molar-refractivity contribution in [1.29, 1.82) is 0 Å². The lowest BCUT2D eigenvalue weighted by Gasteiger charge is -2.29. The largest absolute Gasteiger partial charge is 0.486 e. The predicted octanol–water partition coefficient (Wildman–Crippen LogP) is 1.93. The number of ether oxygens (including phenoxy) is 2. The average Bonchev–Trinajstić information content (AvgIpc) is 2.68. The van der Waals surface area contributed by atoms with Gasteiger partial charge in [-0.3, -0.25) is 9.59 Å². The van der Waals surface area contributed by atoms with Crippen LogP contribution in [0.15, 0.2) is 41.3 Å². The summed E-state index contributed by atoms with van der Waals surface area (Å²) in [6.45, 7) is 0.941. The lowest BCUT2D eigenvalue weighted by molar-refractivity contribution is 0.0910. The Bertz CT molecular complexity index is 856. The van der Waals surface area contributed by atoms with E-state index in [-0.39, 0.29) is 23.6 Å². The Hall–Kier alpha value is -2.83. The number of nitrogens with one attached hydrogen (secondary N) is 1. The van der Waals surface area contributed by atoms with Crippen LogP contribution in [0.5, 0.6) is 11.5 Å². The van der Waals surface area contributed by atoms with E-state index in [2.05, 4.69) is 10.4 Å². The summed E-state index contributed by atoms with van der Waals surface area (Å²) in [4.78, 5) is 24.6. The van der Waals surface area contributed by atoms with Crippen molar-refractivity contribution in [2.24, 2.45) is 0 Å². The molecule has 1 fully saturated rings. The topological polar surface area (TPSA) is 82.5 Å². The van der Waals surface area contributed by atoms with Gasteiger partial charge in [0.05, 0.1) is 11.6 Å². The molecule has 4 rings (SSSR count). The zero-order chi connectivity index (χ0) is 17.9. The van der Waals surface area contributed by atoms with E-state index in [1.54, 1.807) is 35.1 Å². The van der Waals surface area contributed by atoms with Crippen LogP contribution in [0, 0.1) is 0 Å². The summed E-state index contributed by atoms with van der Waals surface area (Å²) in [5, 5.41) is 7.26. The van der Waals surface area contributed by atoms with Crippen molar-refractivity contribution in [3.05, 3.63) is 52.4 Å². The zero-order valence-electron chi connectivity index (χ0n) is 14.4. The van der Waals surface area contributed by atoms with E-state index >= 15 is 0 Å². The molecular formula is C19H21N3O4. The first-order valence-electron chi connectivity index (χ1n) is 8.95. The second kappa shape index (κ2) is 7.19. The third-order valence-electron chi connectivity index (χ3n) is 4.93. The highest BCUT2D eigenvalue weighted by atomic mass is 16.6. The molecule has 0 bridgehead atoms. The molecule has 2 aromatic rings. The Balaban J connectivity index is 1.40. The van der Waals surface area contributed by atoms with E-state index < -0.39 is 0 Å².